The number of aromatic nitrogens is 2. The number of fused-ring (bicyclic) bond motifs is 2. The van der Waals surface area contributed by atoms with Crippen LogP contribution in [0.1, 0.15) is 34.1 Å². The molecule has 0 aliphatic heterocycles. The molecule has 26 heavy (non-hydrogen) atoms. The Labute approximate surface area is 150 Å². The number of aryl methyl sites for hydroxylation is 2. The average Bonchev–Trinajstić information content (AvgIpc) is 2.67. The molecule has 2 atom stereocenters. The minimum absolute atomic E-state index is 0.179. The highest BCUT2D eigenvalue weighted by molar-refractivity contribution is 6.04. The van der Waals surface area contributed by atoms with Crippen molar-refractivity contribution in [1.29, 1.82) is 0 Å². The molecule has 1 amide bonds. The van der Waals surface area contributed by atoms with Gasteiger partial charge in [0, 0.05) is 12.4 Å². The molecule has 6 heteroatoms. The number of amides is 1. The Morgan fingerprint density at radius 3 is 2.65 bits per heavy atom. The van der Waals surface area contributed by atoms with E-state index >= 15 is 0 Å². The van der Waals surface area contributed by atoms with Crippen LogP contribution in [0.5, 0.6) is 0 Å². The number of carbonyl (C=O) groups excluding carboxylic acids is 1. The normalized spacial score (nSPS) is 19.2. The molecule has 2 N–H and O–H groups in total. The van der Waals surface area contributed by atoms with Crippen LogP contribution in [-0.4, -0.2) is 26.9 Å². The van der Waals surface area contributed by atoms with Gasteiger partial charge < -0.3 is 10.4 Å². The largest absolute Gasteiger partial charge is 0.391 e. The van der Waals surface area contributed by atoms with Gasteiger partial charge in [-0.05, 0) is 30.0 Å². The quantitative estimate of drug-likeness (QED) is 0.738. The zero-order chi connectivity index (χ0) is 18.3. The van der Waals surface area contributed by atoms with E-state index in [0.29, 0.717) is 17.2 Å². The Hall–Kier alpha value is -2.99. The van der Waals surface area contributed by atoms with Crippen LogP contribution in [0.2, 0.25) is 0 Å². The lowest BCUT2D eigenvalue weighted by Crippen LogP contribution is -2.40. The summed E-state index contributed by atoms with van der Waals surface area (Å²) in [6.07, 6.45) is 0.710. The van der Waals surface area contributed by atoms with Crippen molar-refractivity contribution in [2.45, 2.75) is 25.0 Å². The lowest BCUT2D eigenvalue weighted by molar-refractivity contribution is 0.0787. The Morgan fingerprint density at radius 1 is 1.15 bits per heavy atom. The van der Waals surface area contributed by atoms with E-state index < -0.39 is 18.1 Å². The fraction of sp³-hybridized carbons (Fsp3) is 0.250. The van der Waals surface area contributed by atoms with Crippen LogP contribution in [0.3, 0.4) is 0 Å². The molecule has 3 aromatic rings. The van der Waals surface area contributed by atoms with Crippen molar-refractivity contribution in [2.75, 3.05) is 0 Å². The molecule has 0 unspecified atom stereocenters. The van der Waals surface area contributed by atoms with Gasteiger partial charge in [-0.25, -0.2) is 4.68 Å². The number of carbonyl (C=O) groups is 1. The summed E-state index contributed by atoms with van der Waals surface area (Å²) >= 11 is 0. The molecular weight excluding hydrogens is 330 g/mol. The van der Waals surface area contributed by atoms with Crippen LogP contribution in [0.4, 0.5) is 0 Å². The predicted octanol–water partition coefficient (Wildman–Crippen LogP) is 1.71. The molecular formula is C20H19N3O3. The molecule has 2 aromatic carbocycles. The predicted molar refractivity (Wildman–Crippen MR) is 98.0 cm³/mol. The highest BCUT2D eigenvalue weighted by Crippen LogP contribution is 2.30. The molecule has 0 saturated heterocycles. The molecule has 1 aromatic heterocycles. The van der Waals surface area contributed by atoms with Crippen LogP contribution in [0.15, 0.2) is 53.3 Å². The van der Waals surface area contributed by atoms with Crippen molar-refractivity contribution in [3.8, 4) is 0 Å². The molecule has 6 nitrogen and oxygen atoms in total. The second kappa shape index (κ2) is 6.38. The molecule has 0 fully saturated rings. The molecule has 1 heterocycles. The van der Waals surface area contributed by atoms with Gasteiger partial charge in [0.05, 0.1) is 17.5 Å². The third kappa shape index (κ3) is 2.68. The van der Waals surface area contributed by atoms with E-state index in [2.05, 4.69) is 10.4 Å². The van der Waals surface area contributed by atoms with Gasteiger partial charge in [0.15, 0.2) is 5.69 Å². The second-order valence-electron chi connectivity index (χ2n) is 6.58. The number of hydrogen-bond acceptors (Lipinski definition) is 4. The number of rotatable bonds is 2. The molecule has 1 aliphatic rings. The maximum absolute atomic E-state index is 12.9. The lowest BCUT2D eigenvalue weighted by atomic mass is 9.85. The fourth-order valence-electron chi connectivity index (χ4n) is 3.59. The SMILES string of the molecule is Cn1nc(C(=O)N[C@H]2c3ccccc3CC[C@H]2O)c2ccccc2c1=O. The number of benzene rings is 2. The molecule has 132 valence electrons. The van der Waals surface area contributed by atoms with Crippen molar-refractivity contribution in [1.82, 2.24) is 15.1 Å². The minimum atomic E-state index is -0.660. The summed E-state index contributed by atoms with van der Waals surface area (Å²) in [6.45, 7) is 0. The number of aliphatic hydroxyl groups excluding tert-OH is 1. The Balaban J connectivity index is 1.75. The molecule has 0 spiro atoms. The summed E-state index contributed by atoms with van der Waals surface area (Å²) in [7, 11) is 1.52. The molecule has 0 saturated carbocycles. The first-order valence-electron chi connectivity index (χ1n) is 8.59. The first-order chi connectivity index (χ1) is 12.6. The van der Waals surface area contributed by atoms with E-state index in [1.807, 2.05) is 24.3 Å². The zero-order valence-corrected chi connectivity index (χ0v) is 14.3. The van der Waals surface area contributed by atoms with Crippen LogP contribution in [0.25, 0.3) is 10.8 Å². The van der Waals surface area contributed by atoms with Gasteiger partial charge in [0.2, 0.25) is 0 Å². The number of aliphatic hydroxyl groups is 1. The molecule has 4 rings (SSSR count). The lowest BCUT2D eigenvalue weighted by Gasteiger charge is -2.31. The molecule has 0 radical (unpaired) electrons. The molecule has 1 aliphatic carbocycles. The van der Waals surface area contributed by atoms with E-state index in [1.54, 1.807) is 24.3 Å². The maximum atomic E-state index is 12.9. The number of hydrogen-bond donors (Lipinski definition) is 2. The Kier molecular flexibility index (Phi) is 4.05. The number of nitrogens with zero attached hydrogens (tertiary/aromatic N) is 2. The monoisotopic (exact) mass is 349 g/mol. The van der Waals surface area contributed by atoms with Gasteiger partial charge in [0.1, 0.15) is 0 Å². The summed E-state index contributed by atoms with van der Waals surface area (Å²) in [5, 5.41) is 18.5. The van der Waals surface area contributed by atoms with Gasteiger partial charge in [-0.15, -0.1) is 0 Å². The van der Waals surface area contributed by atoms with Gasteiger partial charge in [0.25, 0.3) is 11.5 Å². The Morgan fingerprint density at radius 2 is 1.85 bits per heavy atom. The van der Waals surface area contributed by atoms with E-state index in [1.165, 1.54) is 11.7 Å². The van der Waals surface area contributed by atoms with Crippen molar-refractivity contribution < 1.29 is 9.90 Å². The summed E-state index contributed by atoms with van der Waals surface area (Å²) in [5.41, 5.74) is 1.98. The first kappa shape index (κ1) is 16.5. The highest BCUT2D eigenvalue weighted by atomic mass is 16.3. The summed E-state index contributed by atoms with van der Waals surface area (Å²) in [6, 6.07) is 14.2. The summed E-state index contributed by atoms with van der Waals surface area (Å²) in [4.78, 5) is 25.2. The summed E-state index contributed by atoms with van der Waals surface area (Å²) < 4.78 is 1.17. The third-order valence-electron chi connectivity index (χ3n) is 4.94. The van der Waals surface area contributed by atoms with Crippen LogP contribution >= 0.6 is 0 Å². The Bertz CT molecular complexity index is 1060. The number of nitrogens with one attached hydrogen (secondary N) is 1. The summed E-state index contributed by atoms with van der Waals surface area (Å²) in [5.74, 6) is -0.405. The van der Waals surface area contributed by atoms with Crippen molar-refractivity contribution in [2.24, 2.45) is 7.05 Å². The van der Waals surface area contributed by atoms with Gasteiger partial charge in [-0.1, -0.05) is 42.5 Å². The third-order valence-corrected chi connectivity index (χ3v) is 4.94. The molecule has 0 bridgehead atoms. The van der Waals surface area contributed by atoms with Gasteiger partial charge in [-0.3, -0.25) is 9.59 Å². The van der Waals surface area contributed by atoms with Gasteiger partial charge in [-0.2, -0.15) is 5.10 Å². The van der Waals surface area contributed by atoms with E-state index in [0.717, 1.165) is 17.5 Å². The minimum Gasteiger partial charge on any atom is -0.391 e. The zero-order valence-electron chi connectivity index (χ0n) is 14.3. The topological polar surface area (TPSA) is 84.2 Å². The van der Waals surface area contributed by atoms with Crippen LogP contribution < -0.4 is 10.9 Å². The van der Waals surface area contributed by atoms with E-state index in [9.17, 15) is 14.7 Å². The maximum Gasteiger partial charge on any atom is 0.274 e. The van der Waals surface area contributed by atoms with Crippen molar-refractivity contribution in [3.05, 3.63) is 75.7 Å². The van der Waals surface area contributed by atoms with Gasteiger partial charge >= 0.3 is 0 Å². The first-order valence-corrected chi connectivity index (χ1v) is 8.59. The standard InChI is InChI=1S/C20H19N3O3/c1-23-20(26)15-9-5-4-8-14(15)18(22-23)19(25)21-17-13-7-3-2-6-12(13)10-11-16(17)24/h2-9,16-17,24H,10-11H2,1H3,(H,21,25)/t16-,17+/m1/s1. The van der Waals surface area contributed by atoms with E-state index in [4.69, 9.17) is 0 Å². The van der Waals surface area contributed by atoms with E-state index in [-0.39, 0.29) is 11.3 Å². The van der Waals surface area contributed by atoms with Crippen molar-refractivity contribution in [3.63, 3.8) is 0 Å². The highest BCUT2D eigenvalue weighted by Gasteiger charge is 2.30. The van der Waals surface area contributed by atoms with Crippen LogP contribution in [0, 0.1) is 0 Å². The average molecular weight is 349 g/mol. The second-order valence-corrected chi connectivity index (χ2v) is 6.58. The van der Waals surface area contributed by atoms with Crippen LogP contribution in [-0.2, 0) is 13.5 Å². The fourth-order valence-corrected chi connectivity index (χ4v) is 3.59. The van der Waals surface area contributed by atoms with Crippen molar-refractivity contribution >= 4 is 16.7 Å². The smallest absolute Gasteiger partial charge is 0.274 e.